The Hall–Kier alpha value is -1.90. The van der Waals surface area contributed by atoms with Gasteiger partial charge in [-0.15, -0.1) is 0 Å². The maximum absolute atomic E-state index is 11.7. The Morgan fingerprint density at radius 2 is 1.86 bits per heavy atom. The van der Waals surface area contributed by atoms with Crippen LogP contribution in [0.25, 0.3) is 0 Å². The number of carbonyl (C=O) groups excluding carboxylic acids is 1. The fourth-order valence-corrected chi connectivity index (χ4v) is 4.02. The third-order valence-electron chi connectivity index (χ3n) is 4.91. The second-order valence-corrected chi connectivity index (χ2v) is 8.33. The molecule has 0 saturated carbocycles. The summed E-state index contributed by atoms with van der Waals surface area (Å²) in [5.74, 6) is 0.855. The number of hydrogen-bond acceptors (Lipinski definition) is 6. The van der Waals surface area contributed by atoms with Crippen LogP contribution >= 0.6 is 23.1 Å². The molecule has 3 rings (SSSR count). The number of anilines is 1. The number of hydrogen-bond donors (Lipinski definition) is 2. The van der Waals surface area contributed by atoms with Crippen LogP contribution in [0.3, 0.4) is 0 Å². The predicted octanol–water partition coefficient (Wildman–Crippen LogP) is 3.00. The number of urea groups is 1. The third kappa shape index (κ3) is 7.13. The molecule has 2 aromatic rings. The van der Waals surface area contributed by atoms with Crippen molar-refractivity contribution in [2.24, 2.45) is 0 Å². The summed E-state index contributed by atoms with van der Waals surface area (Å²) in [6, 6.07) is 7.75. The molecule has 1 aromatic carbocycles. The van der Waals surface area contributed by atoms with Gasteiger partial charge in [0.15, 0.2) is 0 Å². The van der Waals surface area contributed by atoms with E-state index >= 15 is 0 Å². The highest BCUT2D eigenvalue weighted by Gasteiger charge is 2.20. The summed E-state index contributed by atoms with van der Waals surface area (Å²) in [5, 5.41) is 7.53. The molecule has 0 unspecified atom stereocenters. The van der Waals surface area contributed by atoms with Crippen LogP contribution in [0.5, 0.6) is 0 Å². The first-order valence-corrected chi connectivity index (χ1v) is 11.3. The number of nitrogens with one attached hydrogen (secondary N) is 2. The van der Waals surface area contributed by atoms with Gasteiger partial charge in [-0.2, -0.15) is 4.37 Å². The van der Waals surface area contributed by atoms with Crippen LogP contribution in [0.2, 0.25) is 5.02 Å². The summed E-state index contributed by atoms with van der Waals surface area (Å²) in [4.78, 5) is 21.1. The van der Waals surface area contributed by atoms with Crippen molar-refractivity contribution in [1.29, 1.82) is 0 Å². The minimum atomic E-state index is -0.0702. The van der Waals surface area contributed by atoms with E-state index < -0.39 is 0 Å². The normalized spacial score (nSPS) is 14.8. The molecule has 0 radical (unpaired) electrons. The smallest absolute Gasteiger partial charge is 0.314 e. The Labute approximate surface area is 181 Å². The molecule has 1 saturated heterocycles. The Morgan fingerprint density at radius 3 is 2.59 bits per heavy atom. The molecule has 1 aliphatic rings. The van der Waals surface area contributed by atoms with Crippen molar-refractivity contribution < 1.29 is 4.79 Å². The molecule has 0 bridgehead atoms. The van der Waals surface area contributed by atoms with Gasteiger partial charge in [-0.1, -0.05) is 37.1 Å². The van der Waals surface area contributed by atoms with E-state index in [2.05, 4.69) is 31.7 Å². The maximum atomic E-state index is 11.7. The molecule has 1 aliphatic heterocycles. The average molecular weight is 437 g/mol. The van der Waals surface area contributed by atoms with Crippen molar-refractivity contribution in [3.63, 3.8) is 0 Å². The van der Waals surface area contributed by atoms with Crippen LogP contribution < -0.4 is 15.5 Å². The zero-order chi connectivity index (χ0) is 20.5. The number of unbranched alkanes of at least 4 members (excludes halogenated alkanes) is 1. The molecule has 0 atom stereocenters. The van der Waals surface area contributed by atoms with E-state index in [0.29, 0.717) is 6.54 Å². The van der Waals surface area contributed by atoms with E-state index in [-0.39, 0.29) is 6.03 Å². The number of piperazine rings is 1. The Morgan fingerprint density at radius 1 is 1.14 bits per heavy atom. The molecule has 29 heavy (non-hydrogen) atoms. The third-order valence-corrected chi connectivity index (χ3v) is 5.97. The topological polar surface area (TPSA) is 73.4 Å². The number of nitrogens with zero attached hydrogens (tertiary/aromatic N) is 4. The number of rotatable bonds is 9. The van der Waals surface area contributed by atoms with Crippen LogP contribution in [-0.4, -0.2) is 66.1 Å². The highest BCUT2D eigenvalue weighted by atomic mass is 35.5. The van der Waals surface area contributed by atoms with Gasteiger partial charge in [0.25, 0.3) is 0 Å². The zero-order valence-electron chi connectivity index (χ0n) is 16.9. The molecule has 9 heteroatoms. The van der Waals surface area contributed by atoms with Gasteiger partial charge in [0.1, 0.15) is 5.82 Å². The highest BCUT2D eigenvalue weighted by Crippen LogP contribution is 2.21. The first kappa shape index (κ1) is 21.8. The second-order valence-electron chi connectivity index (χ2n) is 7.16. The number of amides is 2. The lowest BCUT2D eigenvalue weighted by Crippen LogP contribution is -2.49. The number of carbonyl (C=O) groups is 1. The first-order chi connectivity index (χ1) is 14.1. The Balaban J connectivity index is 1.37. The quantitative estimate of drug-likeness (QED) is 0.591. The Kier molecular flexibility index (Phi) is 8.52. The summed E-state index contributed by atoms with van der Waals surface area (Å²) >= 11 is 7.41. The van der Waals surface area contributed by atoms with Gasteiger partial charge in [-0.3, -0.25) is 4.90 Å². The minimum Gasteiger partial charge on any atom is -0.344 e. The second kappa shape index (κ2) is 11.3. The number of aromatic nitrogens is 2. The summed E-state index contributed by atoms with van der Waals surface area (Å²) in [6.07, 6.45) is 2.82. The van der Waals surface area contributed by atoms with E-state index in [0.717, 1.165) is 80.1 Å². The van der Waals surface area contributed by atoms with Crippen LogP contribution in [0, 0.1) is 0 Å². The van der Waals surface area contributed by atoms with Crippen molar-refractivity contribution >= 4 is 34.3 Å². The molecule has 1 fully saturated rings. The SMILES string of the molecule is CCCCNC(=O)NCCN1CCN(c2nc(Cc3ccc(Cl)cc3)ns2)CC1. The molecular formula is C20H29ClN6OS. The van der Waals surface area contributed by atoms with Crippen LogP contribution in [0.15, 0.2) is 24.3 Å². The summed E-state index contributed by atoms with van der Waals surface area (Å²) in [5.41, 5.74) is 1.16. The van der Waals surface area contributed by atoms with Gasteiger partial charge in [-0.05, 0) is 24.1 Å². The zero-order valence-corrected chi connectivity index (χ0v) is 18.4. The van der Waals surface area contributed by atoms with E-state index in [1.54, 1.807) is 0 Å². The van der Waals surface area contributed by atoms with Crippen molar-refractivity contribution in [3.05, 3.63) is 40.7 Å². The van der Waals surface area contributed by atoms with Crippen molar-refractivity contribution in [3.8, 4) is 0 Å². The monoisotopic (exact) mass is 436 g/mol. The van der Waals surface area contributed by atoms with Gasteiger partial charge in [0.05, 0.1) is 0 Å². The van der Waals surface area contributed by atoms with Crippen molar-refractivity contribution in [2.75, 3.05) is 50.7 Å². The van der Waals surface area contributed by atoms with Gasteiger partial charge >= 0.3 is 6.03 Å². The molecule has 2 heterocycles. The summed E-state index contributed by atoms with van der Waals surface area (Å²) in [7, 11) is 0. The van der Waals surface area contributed by atoms with Crippen molar-refractivity contribution in [1.82, 2.24) is 24.9 Å². The van der Waals surface area contributed by atoms with Gasteiger partial charge < -0.3 is 15.5 Å². The summed E-state index contributed by atoms with van der Waals surface area (Å²) < 4.78 is 4.52. The summed E-state index contributed by atoms with van der Waals surface area (Å²) in [6.45, 7) is 8.17. The number of halogens is 1. The molecular weight excluding hydrogens is 408 g/mol. The fraction of sp³-hybridized carbons (Fsp3) is 0.550. The maximum Gasteiger partial charge on any atom is 0.314 e. The molecule has 2 amide bonds. The molecule has 0 spiro atoms. The van der Waals surface area contributed by atoms with Crippen LogP contribution in [0.4, 0.5) is 9.93 Å². The van der Waals surface area contributed by atoms with Crippen LogP contribution in [0.1, 0.15) is 31.2 Å². The van der Waals surface area contributed by atoms with Gasteiger partial charge in [0, 0.05) is 68.8 Å². The standard InChI is InChI=1S/C20H29ClN6OS/c1-2-3-8-22-19(28)23-9-10-26-11-13-27(14-12-26)20-24-18(25-29-20)15-16-4-6-17(21)7-5-16/h4-7H,2-3,8-15H2,1H3,(H2,22,23,28). The van der Waals surface area contributed by atoms with E-state index in [9.17, 15) is 4.79 Å². The molecule has 2 N–H and O–H groups in total. The molecule has 158 valence electrons. The Bertz CT molecular complexity index is 761. The lowest BCUT2D eigenvalue weighted by Gasteiger charge is -2.34. The van der Waals surface area contributed by atoms with E-state index in [4.69, 9.17) is 16.6 Å². The predicted molar refractivity (Wildman–Crippen MR) is 119 cm³/mol. The number of benzene rings is 1. The van der Waals surface area contributed by atoms with Gasteiger partial charge in [0.2, 0.25) is 5.13 Å². The molecule has 7 nitrogen and oxygen atoms in total. The first-order valence-electron chi connectivity index (χ1n) is 10.2. The molecule has 1 aromatic heterocycles. The van der Waals surface area contributed by atoms with Crippen LogP contribution in [-0.2, 0) is 6.42 Å². The average Bonchev–Trinajstić information content (AvgIpc) is 3.19. The van der Waals surface area contributed by atoms with E-state index in [1.165, 1.54) is 11.5 Å². The largest absolute Gasteiger partial charge is 0.344 e. The van der Waals surface area contributed by atoms with Gasteiger partial charge in [-0.25, -0.2) is 9.78 Å². The lowest BCUT2D eigenvalue weighted by molar-refractivity contribution is 0.232. The molecule has 0 aliphatic carbocycles. The minimum absolute atomic E-state index is 0.0702. The highest BCUT2D eigenvalue weighted by molar-refractivity contribution is 7.09. The van der Waals surface area contributed by atoms with E-state index in [1.807, 2.05) is 24.3 Å². The lowest BCUT2D eigenvalue weighted by atomic mass is 10.1. The van der Waals surface area contributed by atoms with Crippen molar-refractivity contribution in [2.45, 2.75) is 26.2 Å². The fourth-order valence-electron chi connectivity index (χ4n) is 3.16.